The van der Waals surface area contributed by atoms with E-state index in [4.69, 9.17) is 0 Å². The molecule has 2 heterocycles. The number of hydrogen-bond acceptors (Lipinski definition) is 0. The number of rotatable bonds is 4. The Kier molecular flexibility index (Phi) is 4.83. The van der Waals surface area contributed by atoms with E-state index in [0.29, 0.717) is 0 Å². The molecule has 4 aromatic carbocycles. The predicted molar refractivity (Wildman–Crippen MR) is 143 cm³/mol. The third-order valence-corrected chi connectivity index (χ3v) is 21.9. The van der Waals surface area contributed by atoms with Crippen LogP contribution < -0.4 is 21.2 Å². The molecule has 0 nitrogen and oxygen atoms in total. The molecule has 0 aliphatic carbocycles. The number of fused-ring (bicyclic) bond motifs is 1. The molecule has 2 atom stereocenters. The fraction of sp³-hybridized carbons (Fsp3) is 0.172. The summed E-state index contributed by atoms with van der Waals surface area (Å²) >= 11 is 0. The van der Waals surface area contributed by atoms with Crippen LogP contribution >= 0.6 is 14.5 Å². The summed E-state index contributed by atoms with van der Waals surface area (Å²) in [6, 6.07) is 46.5. The molecule has 156 valence electrons. The van der Waals surface area contributed by atoms with Crippen molar-refractivity contribution in [2.45, 2.75) is 23.9 Å². The van der Waals surface area contributed by atoms with Crippen molar-refractivity contribution in [3.05, 3.63) is 121 Å². The fourth-order valence-corrected chi connectivity index (χ4v) is 25.3. The summed E-state index contributed by atoms with van der Waals surface area (Å²) in [5.74, 6) is 0. The Hall–Kier alpha value is -2.26. The molecular weight excluding hydrogens is 410 g/mol. The summed E-state index contributed by atoms with van der Waals surface area (Å²) in [6.07, 6.45) is 4.15. The summed E-state index contributed by atoms with van der Waals surface area (Å²) in [7, 11) is -3.74. The Bertz CT molecular complexity index is 1080. The first kappa shape index (κ1) is 19.4. The van der Waals surface area contributed by atoms with Crippen molar-refractivity contribution >= 4 is 35.7 Å². The molecule has 2 heteroatoms. The van der Waals surface area contributed by atoms with Crippen molar-refractivity contribution in [3.8, 4) is 0 Å². The minimum atomic E-state index is -1.90. The Balaban J connectivity index is 1.64. The summed E-state index contributed by atoms with van der Waals surface area (Å²) in [6.45, 7) is 0. The van der Waals surface area contributed by atoms with Crippen molar-refractivity contribution in [1.82, 2.24) is 0 Å². The zero-order chi connectivity index (χ0) is 20.7. The average molecular weight is 441 g/mol. The third kappa shape index (κ3) is 2.82. The van der Waals surface area contributed by atoms with E-state index in [1.54, 1.807) is 21.2 Å². The van der Waals surface area contributed by atoms with Crippen molar-refractivity contribution in [1.29, 1.82) is 0 Å². The molecule has 4 aromatic rings. The van der Waals surface area contributed by atoms with Gasteiger partial charge in [0.05, 0.1) is 0 Å². The second-order valence-electron chi connectivity index (χ2n) is 9.28. The zero-order valence-electron chi connectivity index (χ0n) is 17.8. The fourth-order valence-electron chi connectivity index (χ4n) is 7.01. The molecule has 0 saturated carbocycles. The first-order valence-electron chi connectivity index (χ1n) is 11.6. The molecular formula is C29H30P2. The molecule has 0 amide bonds. The van der Waals surface area contributed by atoms with Crippen LogP contribution in [0.5, 0.6) is 0 Å². The van der Waals surface area contributed by atoms with Crippen LogP contribution in [0.4, 0.5) is 0 Å². The average Bonchev–Trinajstić information content (AvgIpc) is 3.57. The van der Waals surface area contributed by atoms with Crippen LogP contribution in [0.15, 0.2) is 121 Å². The molecule has 2 saturated heterocycles. The van der Waals surface area contributed by atoms with Gasteiger partial charge in [-0.05, 0) is 0 Å². The van der Waals surface area contributed by atoms with Crippen molar-refractivity contribution in [2.24, 2.45) is 0 Å². The van der Waals surface area contributed by atoms with Crippen LogP contribution in [0.1, 0.15) is 12.8 Å². The van der Waals surface area contributed by atoms with Crippen LogP contribution in [0.3, 0.4) is 0 Å². The summed E-state index contributed by atoms with van der Waals surface area (Å²) in [4.78, 5) is 0. The van der Waals surface area contributed by atoms with Gasteiger partial charge in [0, 0.05) is 0 Å². The molecule has 2 unspecified atom stereocenters. The Labute approximate surface area is 187 Å². The van der Waals surface area contributed by atoms with E-state index in [0.717, 1.165) is 11.1 Å². The Morgan fingerprint density at radius 3 is 1.29 bits per heavy atom. The number of benzene rings is 4. The van der Waals surface area contributed by atoms with Crippen molar-refractivity contribution in [2.75, 3.05) is 6.16 Å². The van der Waals surface area contributed by atoms with E-state index in [1.807, 2.05) is 0 Å². The first-order valence-corrected chi connectivity index (χ1v) is 16.0. The summed E-state index contributed by atoms with van der Waals surface area (Å²) < 4.78 is 0. The van der Waals surface area contributed by atoms with Crippen molar-refractivity contribution < 1.29 is 0 Å². The SMILES string of the molecule is c1ccc([PH]2(c3ccccc3)CCCC3C2[PH]3(c2ccccc2)c2ccccc2)cc1. The van der Waals surface area contributed by atoms with E-state index in [9.17, 15) is 0 Å². The first-order chi connectivity index (χ1) is 15.4. The zero-order valence-corrected chi connectivity index (χ0v) is 19.8. The van der Waals surface area contributed by atoms with Gasteiger partial charge in [0.2, 0.25) is 0 Å². The van der Waals surface area contributed by atoms with Gasteiger partial charge in [-0.2, -0.15) is 0 Å². The van der Waals surface area contributed by atoms with Gasteiger partial charge in [-0.1, -0.05) is 0 Å². The molecule has 0 spiro atoms. The van der Waals surface area contributed by atoms with E-state index in [-0.39, 0.29) is 0 Å². The monoisotopic (exact) mass is 440 g/mol. The Morgan fingerprint density at radius 2 is 0.871 bits per heavy atom. The van der Waals surface area contributed by atoms with Crippen molar-refractivity contribution in [3.63, 3.8) is 0 Å². The maximum absolute atomic E-state index is 2.45. The van der Waals surface area contributed by atoms with E-state index in [1.165, 1.54) is 19.0 Å². The standard InChI is InChI=1S/C29H30P2/c1-5-14-24(15-6-1)30(25-16-7-2-8-17-25)23-13-22-28-29(30)31(28,26-18-9-3-10-19-26)27-20-11-4-12-21-27/h1-12,14-21,28-31H,13,22-23H2. The van der Waals surface area contributed by atoms with Crippen LogP contribution in [-0.4, -0.2) is 17.2 Å². The second-order valence-corrected chi connectivity index (χ2v) is 18.3. The van der Waals surface area contributed by atoms with Gasteiger partial charge in [0.15, 0.2) is 0 Å². The Morgan fingerprint density at radius 1 is 0.484 bits per heavy atom. The third-order valence-electron chi connectivity index (χ3n) is 8.07. The van der Waals surface area contributed by atoms with Gasteiger partial charge in [-0.15, -0.1) is 0 Å². The number of hydrogen-bond donors (Lipinski definition) is 0. The quantitative estimate of drug-likeness (QED) is 0.378. The van der Waals surface area contributed by atoms with Gasteiger partial charge >= 0.3 is 187 Å². The van der Waals surface area contributed by atoms with Gasteiger partial charge in [-0.25, -0.2) is 0 Å². The summed E-state index contributed by atoms with van der Waals surface area (Å²) in [5, 5.41) is 7.45. The van der Waals surface area contributed by atoms with E-state index in [2.05, 4.69) is 121 Å². The summed E-state index contributed by atoms with van der Waals surface area (Å²) in [5.41, 5.74) is 0.859. The predicted octanol–water partition coefficient (Wildman–Crippen LogP) is 5.29. The van der Waals surface area contributed by atoms with Crippen LogP contribution in [0.25, 0.3) is 0 Å². The molecule has 31 heavy (non-hydrogen) atoms. The molecule has 2 aliphatic rings. The van der Waals surface area contributed by atoms with E-state index < -0.39 is 14.5 Å². The van der Waals surface area contributed by atoms with Crippen LogP contribution in [0, 0.1) is 0 Å². The molecule has 2 aliphatic heterocycles. The van der Waals surface area contributed by atoms with Gasteiger partial charge in [0.25, 0.3) is 0 Å². The van der Waals surface area contributed by atoms with Crippen LogP contribution in [-0.2, 0) is 0 Å². The molecule has 2 fully saturated rings. The van der Waals surface area contributed by atoms with Gasteiger partial charge in [-0.3, -0.25) is 0 Å². The van der Waals surface area contributed by atoms with Gasteiger partial charge < -0.3 is 0 Å². The molecule has 0 bridgehead atoms. The molecule has 6 rings (SSSR count). The van der Waals surface area contributed by atoms with E-state index >= 15 is 0 Å². The topological polar surface area (TPSA) is 0 Å². The maximum atomic E-state index is 2.45. The molecule has 0 aromatic heterocycles. The molecule has 0 N–H and O–H groups in total. The normalized spacial score (nSPS) is 25.0. The van der Waals surface area contributed by atoms with Gasteiger partial charge in [0.1, 0.15) is 0 Å². The molecule has 0 radical (unpaired) electrons. The van der Waals surface area contributed by atoms with Crippen LogP contribution in [0.2, 0.25) is 0 Å². The second kappa shape index (κ2) is 7.70. The minimum absolute atomic E-state index is 0.836.